The molecule has 0 spiro atoms. The Balaban J connectivity index is 2.32. The van der Waals surface area contributed by atoms with Crippen molar-refractivity contribution in [1.82, 2.24) is 9.88 Å². The molecule has 0 radical (unpaired) electrons. The highest BCUT2D eigenvalue weighted by Crippen LogP contribution is 2.23. The van der Waals surface area contributed by atoms with E-state index in [-0.39, 0.29) is 11.9 Å². The van der Waals surface area contributed by atoms with Crippen LogP contribution in [0.15, 0.2) is 30.3 Å². The van der Waals surface area contributed by atoms with Gasteiger partial charge in [-0.3, -0.25) is 9.78 Å². The number of pyridine rings is 1. The van der Waals surface area contributed by atoms with Gasteiger partial charge in [0.15, 0.2) is 0 Å². The molecule has 0 saturated carbocycles. The van der Waals surface area contributed by atoms with Crippen molar-refractivity contribution in [3.8, 4) is 0 Å². The summed E-state index contributed by atoms with van der Waals surface area (Å²) in [5.74, 6) is 0.0889. The van der Waals surface area contributed by atoms with Crippen molar-refractivity contribution >= 4 is 22.5 Å². The van der Waals surface area contributed by atoms with Crippen LogP contribution in [0.2, 0.25) is 0 Å². The number of anilines is 1. The van der Waals surface area contributed by atoms with E-state index in [2.05, 4.69) is 10.3 Å². The van der Waals surface area contributed by atoms with E-state index in [1.54, 1.807) is 4.90 Å². The molecule has 1 unspecified atom stereocenters. The monoisotopic (exact) mass is 271 g/mol. The number of aryl methyl sites for hydroxylation is 1. The molecule has 1 N–H and O–H groups in total. The molecule has 0 fully saturated rings. The molecule has 0 aliphatic carbocycles. The van der Waals surface area contributed by atoms with E-state index >= 15 is 0 Å². The van der Waals surface area contributed by atoms with E-state index in [9.17, 15) is 4.79 Å². The molecule has 20 heavy (non-hydrogen) atoms. The molecule has 106 valence electrons. The van der Waals surface area contributed by atoms with Crippen LogP contribution in [0.5, 0.6) is 0 Å². The van der Waals surface area contributed by atoms with Gasteiger partial charge in [-0.05, 0) is 32.9 Å². The van der Waals surface area contributed by atoms with Crippen molar-refractivity contribution in [3.05, 3.63) is 36.0 Å². The first-order chi connectivity index (χ1) is 9.52. The molecule has 0 bridgehead atoms. The fraction of sp³-hybridized carbons (Fsp3) is 0.375. The quantitative estimate of drug-likeness (QED) is 0.930. The minimum Gasteiger partial charge on any atom is -0.373 e. The lowest BCUT2D eigenvalue weighted by Crippen LogP contribution is -2.38. The summed E-state index contributed by atoms with van der Waals surface area (Å²) in [6, 6.07) is 9.68. The van der Waals surface area contributed by atoms with Crippen LogP contribution in [0.1, 0.15) is 19.5 Å². The van der Waals surface area contributed by atoms with Gasteiger partial charge in [-0.2, -0.15) is 0 Å². The van der Waals surface area contributed by atoms with Crippen molar-refractivity contribution in [1.29, 1.82) is 0 Å². The normalized spacial score (nSPS) is 12.2. The SMILES string of the molecule is CCN(C)C(=O)C(C)Nc1cc(C)nc2ccccc12. The second-order valence-corrected chi connectivity index (χ2v) is 5.05. The summed E-state index contributed by atoms with van der Waals surface area (Å²) in [6.45, 7) is 6.53. The number of aromatic nitrogens is 1. The van der Waals surface area contributed by atoms with Gasteiger partial charge in [0.25, 0.3) is 0 Å². The third-order valence-corrected chi connectivity index (χ3v) is 3.44. The molecule has 1 atom stereocenters. The van der Waals surface area contributed by atoms with Crippen molar-refractivity contribution in [3.63, 3.8) is 0 Å². The third kappa shape index (κ3) is 2.90. The number of fused-ring (bicyclic) bond motifs is 1. The Kier molecular flexibility index (Phi) is 4.23. The van der Waals surface area contributed by atoms with Crippen molar-refractivity contribution in [2.45, 2.75) is 26.8 Å². The van der Waals surface area contributed by atoms with E-state index in [1.165, 1.54) is 0 Å². The maximum atomic E-state index is 12.1. The summed E-state index contributed by atoms with van der Waals surface area (Å²) >= 11 is 0. The van der Waals surface area contributed by atoms with E-state index in [4.69, 9.17) is 0 Å². The molecule has 4 nitrogen and oxygen atoms in total. The molecule has 2 rings (SSSR count). The van der Waals surface area contributed by atoms with Gasteiger partial charge in [-0.1, -0.05) is 18.2 Å². The first-order valence-corrected chi connectivity index (χ1v) is 6.90. The topological polar surface area (TPSA) is 45.2 Å². The summed E-state index contributed by atoms with van der Waals surface area (Å²) in [4.78, 5) is 18.4. The van der Waals surface area contributed by atoms with Gasteiger partial charge in [0.05, 0.1) is 5.52 Å². The Morgan fingerprint density at radius 1 is 1.40 bits per heavy atom. The minimum absolute atomic E-state index is 0.0889. The molecular formula is C16H21N3O. The average molecular weight is 271 g/mol. The lowest BCUT2D eigenvalue weighted by molar-refractivity contribution is -0.130. The molecule has 1 amide bonds. The van der Waals surface area contributed by atoms with E-state index < -0.39 is 0 Å². The molecule has 1 aromatic carbocycles. The zero-order chi connectivity index (χ0) is 14.7. The summed E-state index contributed by atoms with van der Waals surface area (Å²) in [7, 11) is 1.82. The van der Waals surface area contributed by atoms with Crippen LogP contribution in [-0.2, 0) is 4.79 Å². The van der Waals surface area contributed by atoms with Crippen molar-refractivity contribution in [2.24, 2.45) is 0 Å². The number of amides is 1. The summed E-state index contributed by atoms with van der Waals surface area (Å²) in [5.41, 5.74) is 2.84. The fourth-order valence-electron chi connectivity index (χ4n) is 2.21. The minimum atomic E-state index is -0.259. The number of rotatable bonds is 4. The van der Waals surface area contributed by atoms with Gasteiger partial charge in [-0.25, -0.2) is 0 Å². The molecule has 2 aromatic rings. The number of para-hydroxylation sites is 1. The number of nitrogens with one attached hydrogen (secondary N) is 1. The van der Waals surface area contributed by atoms with Crippen LogP contribution >= 0.6 is 0 Å². The van der Waals surface area contributed by atoms with E-state index in [0.29, 0.717) is 6.54 Å². The molecule has 1 aromatic heterocycles. The highest BCUT2D eigenvalue weighted by Gasteiger charge is 2.17. The van der Waals surface area contributed by atoms with E-state index in [1.807, 2.05) is 58.2 Å². The number of nitrogens with zero attached hydrogens (tertiary/aromatic N) is 2. The zero-order valence-corrected chi connectivity index (χ0v) is 12.5. The predicted molar refractivity (Wildman–Crippen MR) is 82.9 cm³/mol. The highest BCUT2D eigenvalue weighted by molar-refractivity contribution is 5.94. The molecule has 1 heterocycles. The second kappa shape index (κ2) is 5.90. The Morgan fingerprint density at radius 3 is 2.80 bits per heavy atom. The lowest BCUT2D eigenvalue weighted by Gasteiger charge is -2.22. The van der Waals surface area contributed by atoms with Crippen LogP contribution in [-0.4, -0.2) is 35.4 Å². The van der Waals surface area contributed by atoms with Gasteiger partial charge >= 0.3 is 0 Å². The Morgan fingerprint density at radius 2 is 2.10 bits per heavy atom. The number of carbonyl (C=O) groups is 1. The maximum absolute atomic E-state index is 12.1. The smallest absolute Gasteiger partial charge is 0.244 e. The Bertz CT molecular complexity index is 624. The number of benzene rings is 1. The predicted octanol–water partition coefficient (Wildman–Crippen LogP) is 2.82. The largest absolute Gasteiger partial charge is 0.373 e. The third-order valence-electron chi connectivity index (χ3n) is 3.44. The summed E-state index contributed by atoms with van der Waals surface area (Å²) in [6.07, 6.45) is 0. The van der Waals surface area contributed by atoms with Crippen LogP contribution < -0.4 is 5.32 Å². The molecule has 4 heteroatoms. The molecule has 0 aliphatic heterocycles. The van der Waals surface area contributed by atoms with Crippen LogP contribution in [0.25, 0.3) is 10.9 Å². The number of hydrogen-bond donors (Lipinski definition) is 1. The fourth-order valence-corrected chi connectivity index (χ4v) is 2.21. The van der Waals surface area contributed by atoms with Crippen molar-refractivity contribution < 1.29 is 4.79 Å². The number of likely N-dealkylation sites (N-methyl/N-ethyl adjacent to an activating group) is 1. The number of carbonyl (C=O) groups excluding carboxylic acids is 1. The Labute approximate surface area is 119 Å². The first kappa shape index (κ1) is 14.3. The van der Waals surface area contributed by atoms with Crippen LogP contribution in [0.4, 0.5) is 5.69 Å². The molecular weight excluding hydrogens is 250 g/mol. The molecule has 0 saturated heterocycles. The summed E-state index contributed by atoms with van der Waals surface area (Å²) < 4.78 is 0. The van der Waals surface area contributed by atoms with Crippen LogP contribution in [0.3, 0.4) is 0 Å². The van der Waals surface area contributed by atoms with Gasteiger partial charge in [0.1, 0.15) is 6.04 Å². The van der Waals surface area contributed by atoms with E-state index in [0.717, 1.165) is 22.3 Å². The molecule has 0 aliphatic rings. The second-order valence-electron chi connectivity index (χ2n) is 5.05. The standard InChI is InChI=1S/C16H21N3O/c1-5-19(4)16(20)12(3)18-15-10-11(2)17-14-9-7-6-8-13(14)15/h6-10,12H,5H2,1-4H3,(H,17,18). The average Bonchev–Trinajstić information content (AvgIpc) is 2.45. The zero-order valence-electron chi connectivity index (χ0n) is 12.5. The van der Waals surface area contributed by atoms with Crippen molar-refractivity contribution in [2.75, 3.05) is 18.9 Å². The highest BCUT2D eigenvalue weighted by atomic mass is 16.2. The number of hydrogen-bond acceptors (Lipinski definition) is 3. The van der Waals surface area contributed by atoms with Gasteiger partial charge < -0.3 is 10.2 Å². The lowest BCUT2D eigenvalue weighted by atomic mass is 10.1. The van der Waals surface area contributed by atoms with Crippen LogP contribution in [0, 0.1) is 6.92 Å². The van der Waals surface area contributed by atoms with Gasteiger partial charge in [-0.15, -0.1) is 0 Å². The maximum Gasteiger partial charge on any atom is 0.244 e. The van der Waals surface area contributed by atoms with Gasteiger partial charge in [0, 0.05) is 30.4 Å². The first-order valence-electron chi connectivity index (χ1n) is 6.90. The Hall–Kier alpha value is -2.10. The summed E-state index contributed by atoms with van der Waals surface area (Å²) in [5, 5.41) is 4.35. The van der Waals surface area contributed by atoms with Gasteiger partial charge in [0.2, 0.25) is 5.91 Å².